The third-order valence-corrected chi connectivity index (χ3v) is 14.1. The number of aliphatic hydroxyl groups excluding tert-OH is 4. The number of carbonyl (C=O) groups is 2. The van der Waals surface area contributed by atoms with Gasteiger partial charge < -0.3 is 71.3 Å². The number of phenols is 2. The molecule has 3 aromatic carbocycles. The van der Waals surface area contributed by atoms with Gasteiger partial charge in [-0.3, -0.25) is 9.69 Å². The Labute approximate surface area is 379 Å². The summed E-state index contributed by atoms with van der Waals surface area (Å²) in [6, 6.07) is 18.8. The number of aliphatic hydroxyl groups is 5. The molecule has 66 heavy (non-hydrogen) atoms. The van der Waals surface area contributed by atoms with Gasteiger partial charge in [-0.2, -0.15) is 0 Å². The van der Waals surface area contributed by atoms with Crippen LogP contribution in [-0.2, 0) is 19.7 Å². The highest BCUT2D eigenvalue weighted by Crippen LogP contribution is 2.55. The van der Waals surface area contributed by atoms with E-state index in [1.54, 1.807) is 24.5 Å². The van der Waals surface area contributed by atoms with Gasteiger partial charge in [-0.05, 0) is 85.2 Å². The van der Waals surface area contributed by atoms with Crippen molar-refractivity contribution in [2.75, 3.05) is 23.4 Å². The summed E-state index contributed by atoms with van der Waals surface area (Å²) in [5.74, 6) is -6.55. The minimum absolute atomic E-state index is 0.00138. The van der Waals surface area contributed by atoms with Crippen molar-refractivity contribution in [2.24, 2.45) is 5.73 Å². The van der Waals surface area contributed by atoms with E-state index in [9.17, 15) is 50.4 Å². The second-order valence-electron chi connectivity index (χ2n) is 17.8. The molecule has 18 heteroatoms. The highest BCUT2D eigenvalue weighted by atomic mass is 16.8. The molecular formula is C48H54N6O12. The molecule has 1 saturated carbocycles. The Bertz CT molecular complexity index is 2590. The summed E-state index contributed by atoms with van der Waals surface area (Å²) in [6.45, 7) is -0.240. The minimum Gasteiger partial charge on any atom is -0.508 e. The van der Waals surface area contributed by atoms with Crippen LogP contribution in [0.4, 0.5) is 11.5 Å². The lowest BCUT2D eigenvalue weighted by molar-refractivity contribution is -0.422. The maximum Gasteiger partial charge on any atom is 0.355 e. The number of nitrogens with two attached hydrogens (primary N) is 1. The largest absolute Gasteiger partial charge is 0.508 e. The number of carboxylic acid groups (broad SMARTS) is 1. The first kappa shape index (κ1) is 44.9. The molecular weight excluding hydrogens is 853 g/mol. The zero-order valence-electron chi connectivity index (χ0n) is 35.8. The molecule has 0 spiro atoms. The van der Waals surface area contributed by atoms with Crippen molar-refractivity contribution in [1.29, 1.82) is 0 Å². The Morgan fingerprint density at radius 1 is 0.970 bits per heavy atom. The lowest BCUT2D eigenvalue weighted by Crippen LogP contribution is -2.67. The third kappa shape index (κ3) is 7.97. The number of aromatic nitrogens is 3. The fraction of sp³-hybridized carbons (Fsp3) is 0.396. The van der Waals surface area contributed by atoms with Crippen LogP contribution in [0, 0.1) is 0 Å². The minimum atomic E-state index is -3.13. The number of amides is 1. The normalized spacial score (nSPS) is 30.6. The molecule has 11 unspecified atom stereocenters. The topological polar surface area (TPSA) is 300 Å². The average molecular weight is 907 g/mol. The van der Waals surface area contributed by atoms with Crippen molar-refractivity contribution in [1.82, 2.24) is 15.0 Å². The molecule has 2 aromatic heterocycles. The first-order valence-corrected chi connectivity index (χ1v) is 22.1. The smallest absolute Gasteiger partial charge is 0.355 e. The van der Waals surface area contributed by atoms with Gasteiger partial charge in [-0.15, -0.1) is 0 Å². The summed E-state index contributed by atoms with van der Waals surface area (Å²) >= 11 is 0. The molecule has 1 saturated heterocycles. The van der Waals surface area contributed by atoms with Crippen LogP contribution in [0.25, 0.3) is 6.08 Å². The van der Waals surface area contributed by atoms with Crippen LogP contribution in [0.1, 0.15) is 89.9 Å². The van der Waals surface area contributed by atoms with Crippen LogP contribution in [0.3, 0.4) is 0 Å². The van der Waals surface area contributed by atoms with E-state index < -0.39 is 77.7 Å². The van der Waals surface area contributed by atoms with Gasteiger partial charge in [0.2, 0.25) is 0 Å². The number of benzene rings is 3. The molecule has 4 aliphatic rings. The van der Waals surface area contributed by atoms with Crippen LogP contribution in [-0.4, -0.2) is 123 Å². The SMILES string of the molecule is NC1CCCC1(CC1c2cc(O)c(OC3(O)OC(CO)C(O)C(O)C3O)cc2N(C(=O)C=Cc2ccc(O)c(C3CCC(CNc4ccc[nH]4)c4nc[nH]c43)c2)C1C(=O)O)c1ccccc1. The number of aromatic hydroxyl groups is 2. The van der Waals surface area contributed by atoms with Gasteiger partial charge in [0.25, 0.3) is 5.91 Å². The van der Waals surface area contributed by atoms with E-state index >= 15 is 0 Å². The third-order valence-electron chi connectivity index (χ3n) is 14.1. The molecule has 2 aliphatic heterocycles. The Kier molecular flexibility index (Phi) is 12.2. The highest BCUT2D eigenvalue weighted by molar-refractivity contribution is 6.10. The summed E-state index contributed by atoms with van der Waals surface area (Å²) in [5.41, 5.74) is 10.3. The number of carboxylic acids is 1. The molecule has 11 atom stereocenters. The number of nitrogens with one attached hydrogen (secondary N) is 3. The number of aromatic amines is 2. The lowest BCUT2D eigenvalue weighted by atomic mass is 9.68. The number of fused-ring (bicyclic) bond motifs is 2. The molecule has 1 amide bonds. The van der Waals surface area contributed by atoms with Crippen molar-refractivity contribution in [3.63, 3.8) is 0 Å². The Hall–Kier alpha value is -6.25. The number of ether oxygens (including phenoxy) is 2. The fourth-order valence-corrected chi connectivity index (χ4v) is 10.7. The van der Waals surface area contributed by atoms with Crippen molar-refractivity contribution >= 4 is 29.5 Å². The van der Waals surface area contributed by atoms with Crippen molar-refractivity contribution in [2.45, 2.75) is 104 Å². The molecule has 2 fully saturated rings. The van der Waals surface area contributed by atoms with Crippen LogP contribution < -0.4 is 20.7 Å². The summed E-state index contributed by atoms with van der Waals surface area (Å²) in [6.07, 6.45) is 2.16. The van der Waals surface area contributed by atoms with E-state index in [1.807, 2.05) is 48.7 Å². The van der Waals surface area contributed by atoms with E-state index in [0.717, 1.165) is 46.6 Å². The van der Waals surface area contributed by atoms with Gasteiger partial charge in [0.1, 0.15) is 35.9 Å². The number of H-pyrrole nitrogens is 2. The van der Waals surface area contributed by atoms with Crippen molar-refractivity contribution < 1.29 is 59.9 Å². The number of nitrogens with zero attached hydrogens (tertiary/aromatic N) is 2. The first-order valence-electron chi connectivity index (χ1n) is 22.1. The molecule has 0 radical (unpaired) electrons. The van der Waals surface area contributed by atoms with Gasteiger partial charge in [0, 0.05) is 65.4 Å². The Morgan fingerprint density at radius 3 is 2.48 bits per heavy atom. The van der Waals surface area contributed by atoms with E-state index in [-0.39, 0.29) is 41.3 Å². The van der Waals surface area contributed by atoms with E-state index in [2.05, 4.69) is 20.3 Å². The Balaban J connectivity index is 1.06. The van der Waals surface area contributed by atoms with Crippen LogP contribution >= 0.6 is 0 Å². The summed E-state index contributed by atoms with van der Waals surface area (Å²) < 4.78 is 10.9. The van der Waals surface area contributed by atoms with Crippen molar-refractivity contribution in [3.05, 3.63) is 125 Å². The average Bonchev–Trinajstić information content (AvgIpc) is 4.14. The second kappa shape index (κ2) is 17.9. The predicted octanol–water partition coefficient (Wildman–Crippen LogP) is 3.21. The lowest BCUT2D eigenvalue weighted by Gasteiger charge is -2.44. The van der Waals surface area contributed by atoms with E-state index in [0.29, 0.717) is 36.9 Å². The first-order chi connectivity index (χ1) is 31.7. The van der Waals surface area contributed by atoms with Gasteiger partial charge in [-0.25, -0.2) is 9.78 Å². The van der Waals surface area contributed by atoms with Crippen LogP contribution in [0.2, 0.25) is 0 Å². The monoisotopic (exact) mass is 906 g/mol. The van der Waals surface area contributed by atoms with Gasteiger partial charge in [0.15, 0.2) is 17.6 Å². The quantitative estimate of drug-likeness (QED) is 0.0597. The van der Waals surface area contributed by atoms with Crippen LogP contribution in [0.5, 0.6) is 17.2 Å². The molecule has 18 nitrogen and oxygen atoms in total. The van der Waals surface area contributed by atoms with Crippen molar-refractivity contribution in [3.8, 4) is 17.2 Å². The number of rotatable bonds is 13. The highest BCUT2D eigenvalue weighted by Gasteiger charge is 2.56. The summed E-state index contributed by atoms with van der Waals surface area (Å²) in [7, 11) is 0. The second-order valence-corrected chi connectivity index (χ2v) is 17.8. The molecule has 0 bridgehead atoms. The number of hydrogen-bond acceptors (Lipinski definition) is 14. The van der Waals surface area contributed by atoms with Crippen LogP contribution in [0.15, 0.2) is 91.4 Å². The maximum atomic E-state index is 14.7. The number of aliphatic carboxylic acids is 1. The molecule has 9 rings (SSSR count). The number of hydrogen-bond donors (Lipinski definition) is 12. The number of phenolic OH excluding ortho intramolecular Hbond substituents is 2. The molecule has 348 valence electrons. The molecule has 4 heterocycles. The van der Waals surface area contributed by atoms with Gasteiger partial charge in [-0.1, -0.05) is 42.8 Å². The number of carbonyl (C=O) groups excluding carboxylic acids is 1. The number of imidazole rings is 1. The zero-order valence-corrected chi connectivity index (χ0v) is 35.8. The fourth-order valence-electron chi connectivity index (χ4n) is 10.7. The van der Waals surface area contributed by atoms with E-state index in [1.165, 1.54) is 18.2 Å². The summed E-state index contributed by atoms with van der Waals surface area (Å²) in [4.78, 5) is 40.4. The summed E-state index contributed by atoms with van der Waals surface area (Å²) in [5, 5.41) is 89.9. The molecule has 5 aromatic rings. The molecule has 2 aliphatic carbocycles. The standard InChI is InChI=1S/C48H54N6O12/c49-37-8-4-16-47(37,27-6-2-1-3-7-27)21-31-29-19-34(57)35(65-48(64)45(61)44(60)43(59)36(23-55)66-48)20-32(29)54(42(31)46(62)63)39(58)15-11-25-10-14-33(56)30(18-25)28-13-12-26(40-41(28)53-24-52-40)22-51-38-9-5-17-50-38/h1-3,5-7,9-11,14-15,17-20,24,26,28,31,36-37,42-45,50-51,55-57,59-61,64H,4,8,12-13,16,21-23,49H2,(H,52,53)(H,62,63). The predicted molar refractivity (Wildman–Crippen MR) is 239 cm³/mol. The van der Waals surface area contributed by atoms with Gasteiger partial charge >= 0.3 is 11.9 Å². The Morgan fingerprint density at radius 2 is 1.77 bits per heavy atom. The maximum absolute atomic E-state index is 14.7. The zero-order chi connectivity index (χ0) is 46.5. The van der Waals surface area contributed by atoms with E-state index in [4.69, 9.17) is 15.2 Å². The van der Waals surface area contributed by atoms with Gasteiger partial charge in [0.05, 0.1) is 24.3 Å². The number of anilines is 2. The molecule has 13 N–H and O–H groups in total.